The van der Waals surface area contributed by atoms with E-state index in [9.17, 15) is 9.59 Å². The lowest BCUT2D eigenvalue weighted by Gasteiger charge is -2.32. The van der Waals surface area contributed by atoms with Crippen LogP contribution in [-0.4, -0.2) is 62.8 Å². The lowest BCUT2D eigenvalue weighted by Crippen LogP contribution is -2.41. The maximum Gasteiger partial charge on any atom is 0.276 e. The van der Waals surface area contributed by atoms with E-state index < -0.39 is 0 Å². The van der Waals surface area contributed by atoms with Crippen molar-refractivity contribution in [1.82, 2.24) is 24.8 Å². The fourth-order valence-electron chi connectivity index (χ4n) is 4.01. The lowest BCUT2D eigenvalue weighted by atomic mass is 9.97. The molecule has 7 nitrogen and oxygen atoms in total. The van der Waals surface area contributed by atoms with Crippen molar-refractivity contribution in [2.45, 2.75) is 32.2 Å². The quantitative estimate of drug-likeness (QED) is 0.789. The van der Waals surface area contributed by atoms with Crippen molar-refractivity contribution in [1.29, 1.82) is 0 Å². The third-order valence-electron chi connectivity index (χ3n) is 5.49. The van der Waals surface area contributed by atoms with Crippen LogP contribution < -0.4 is 0 Å². The molecule has 148 valence electrons. The molecule has 2 amide bonds. The van der Waals surface area contributed by atoms with Crippen LogP contribution in [0.4, 0.5) is 0 Å². The molecule has 2 aromatic rings. The van der Waals surface area contributed by atoms with Crippen molar-refractivity contribution in [3.05, 3.63) is 46.7 Å². The topological polar surface area (TPSA) is 71.3 Å². The maximum atomic E-state index is 12.7. The van der Waals surface area contributed by atoms with Crippen LogP contribution in [0.3, 0.4) is 0 Å². The van der Waals surface area contributed by atoms with Gasteiger partial charge in [-0.15, -0.1) is 5.10 Å². The minimum Gasteiger partial charge on any atom is -0.338 e. The van der Waals surface area contributed by atoms with Crippen molar-refractivity contribution in [2.24, 2.45) is 5.92 Å². The van der Waals surface area contributed by atoms with Gasteiger partial charge in [0, 0.05) is 43.3 Å². The molecule has 1 aromatic carbocycles. The zero-order valence-electron chi connectivity index (χ0n) is 15.8. The first-order chi connectivity index (χ1) is 13.6. The molecule has 0 N–H and O–H groups in total. The summed E-state index contributed by atoms with van der Waals surface area (Å²) in [5.41, 5.74) is 1.07. The van der Waals surface area contributed by atoms with Gasteiger partial charge in [0.15, 0.2) is 5.69 Å². The largest absolute Gasteiger partial charge is 0.338 e. The molecule has 2 aliphatic rings. The number of rotatable bonds is 4. The molecule has 2 fully saturated rings. The number of carbonyl (C=O) groups is 2. The second kappa shape index (κ2) is 8.31. The van der Waals surface area contributed by atoms with Crippen LogP contribution in [0.5, 0.6) is 0 Å². The molecular weight excluding hydrogens is 378 g/mol. The Morgan fingerprint density at radius 2 is 1.71 bits per heavy atom. The summed E-state index contributed by atoms with van der Waals surface area (Å²) in [7, 11) is 0. The zero-order valence-corrected chi connectivity index (χ0v) is 16.5. The molecular formula is C20H24ClN5O2. The molecule has 8 heteroatoms. The smallest absolute Gasteiger partial charge is 0.276 e. The number of aromatic nitrogens is 3. The average molecular weight is 402 g/mol. The monoisotopic (exact) mass is 401 g/mol. The highest BCUT2D eigenvalue weighted by molar-refractivity contribution is 6.30. The van der Waals surface area contributed by atoms with Gasteiger partial charge < -0.3 is 9.80 Å². The fraction of sp³-hybridized carbons (Fsp3) is 0.500. The molecule has 28 heavy (non-hydrogen) atoms. The number of benzene rings is 1. The summed E-state index contributed by atoms with van der Waals surface area (Å²) < 4.78 is 1.74. The molecule has 1 atom stereocenters. The van der Waals surface area contributed by atoms with Gasteiger partial charge in [0.1, 0.15) is 0 Å². The Labute approximate surface area is 169 Å². The molecule has 0 unspecified atom stereocenters. The standard InChI is InChI=1S/C20H24ClN5O2/c21-17-7-5-16(6-8-17)19(27)25-11-3-4-15(12-25)13-26-14-18(22-23-26)20(28)24-9-1-2-10-24/h5-8,14-15H,1-4,9-13H2/t15-/m1/s1. The van der Waals surface area contributed by atoms with Crippen LogP contribution in [-0.2, 0) is 6.54 Å². The number of hydrogen-bond donors (Lipinski definition) is 0. The van der Waals surface area contributed by atoms with E-state index in [1.165, 1.54) is 0 Å². The van der Waals surface area contributed by atoms with E-state index in [4.69, 9.17) is 11.6 Å². The normalized spacial score (nSPS) is 19.8. The SMILES string of the molecule is O=C(c1ccc(Cl)cc1)N1CCC[C@@H](Cn2cc(C(=O)N3CCCC3)nn2)C1. The Hall–Kier alpha value is -2.41. The minimum atomic E-state index is -0.0352. The molecule has 2 saturated heterocycles. The highest BCUT2D eigenvalue weighted by Crippen LogP contribution is 2.21. The van der Waals surface area contributed by atoms with E-state index in [1.807, 2.05) is 9.80 Å². The average Bonchev–Trinajstić information content (AvgIpc) is 3.40. The number of piperidine rings is 1. The van der Waals surface area contributed by atoms with Gasteiger partial charge in [-0.2, -0.15) is 0 Å². The summed E-state index contributed by atoms with van der Waals surface area (Å²) in [6.45, 7) is 3.70. The van der Waals surface area contributed by atoms with Crippen molar-refractivity contribution in [3.8, 4) is 0 Å². The van der Waals surface area contributed by atoms with Crippen molar-refractivity contribution >= 4 is 23.4 Å². The van der Waals surface area contributed by atoms with Gasteiger partial charge in [0.05, 0.1) is 6.20 Å². The second-order valence-corrected chi connectivity index (χ2v) is 8.03. The summed E-state index contributed by atoms with van der Waals surface area (Å²) >= 11 is 5.91. The van der Waals surface area contributed by atoms with Crippen LogP contribution >= 0.6 is 11.6 Å². The first kappa shape index (κ1) is 18.9. The Morgan fingerprint density at radius 1 is 1.00 bits per heavy atom. The van der Waals surface area contributed by atoms with Gasteiger partial charge in [-0.1, -0.05) is 16.8 Å². The summed E-state index contributed by atoms with van der Waals surface area (Å²) in [5, 5.41) is 8.83. The molecule has 4 rings (SSSR count). The summed E-state index contributed by atoms with van der Waals surface area (Å²) in [6, 6.07) is 7.01. The van der Waals surface area contributed by atoms with Gasteiger partial charge >= 0.3 is 0 Å². The number of likely N-dealkylation sites (tertiary alicyclic amines) is 2. The first-order valence-electron chi connectivity index (χ1n) is 9.84. The van der Waals surface area contributed by atoms with Gasteiger partial charge in [-0.25, -0.2) is 0 Å². The summed E-state index contributed by atoms with van der Waals surface area (Å²) in [4.78, 5) is 28.9. The van der Waals surface area contributed by atoms with Gasteiger partial charge in [0.2, 0.25) is 0 Å². The van der Waals surface area contributed by atoms with Crippen LogP contribution in [0.25, 0.3) is 0 Å². The molecule has 0 saturated carbocycles. The highest BCUT2D eigenvalue weighted by atomic mass is 35.5. The van der Waals surface area contributed by atoms with Crippen molar-refractivity contribution in [2.75, 3.05) is 26.2 Å². The minimum absolute atomic E-state index is 0.0323. The van der Waals surface area contributed by atoms with E-state index in [2.05, 4.69) is 10.3 Å². The third-order valence-corrected chi connectivity index (χ3v) is 5.75. The molecule has 2 aliphatic heterocycles. The molecule has 3 heterocycles. The summed E-state index contributed by atoms with van der Waals surface area (Å²) in [5.74, 6) is 0.290. The van der Waals surface area contributed by atoms with Crippen LogP contribution in [0.2, 0.25) is 5.02 Å². The van der Waals surface area contributed by atoms with Crippen LogP contribution in [0.15, 0.2) is 30.5 Å². The van der Waals surface area contributed by atoms with E-state index >= 15 is 0 Å². The predicted octanol–water partition coefficient (Wildman–Crippen LogP) is 2.72. The van der Waals surface area contributed by atoms with Gasteiger partial charge in [-0.05, 0) is 55.9 Å². The Bertz CT molecular complexity index is 845. The Morgan fingerprint density at radius 3 is 2.46 bits per heavy atom. The number of nitrogens with zero attached hydrogens (tertiary/aromatic N) is 5. The molecule has 0 bridgehead atoms. The third kappa shape index (κ3) is 4.19. The van der Waals surface area contributed by atoms with Crippen LogP contribution in [0.1, 0.15) is 46.5 Å². The summed E-state index contributed by atoms with van der Waals surface area (Å²) in [6.07, 6.45) is 5.83. The molecule has 0 spiro atoms. The predicted molar refractivity (Wildman–Crippen MR) is 105 cm³/mol. The second-order valence-electron chi connectivity index (χ2n) is 7.59. The van der Waals surface area contributed by atoms with E-state index in [1.54, 1.807) is 35.1 Å². The fourth-order valence-corrected chi connectivity index (χ4v) is 4.13. The van der Waals surface area contributed by atoms with Gasteiger partial charge in [-0.3, -0.25) is 14.3 Å². The van der Waals surface area contributed by atoms with Crippen molar-refractivity contribution < 1.29 is 9.59 Å². The van der Waals surface area contributed by atoms with E-state index in [0.29, 0.717) is 35.3 Å². The maximum absolute atomic E-state index is 12.7. The van der Waals surface area contributed by atoms with Gasteiger partial charge in [0.25, 0.3) is 11.8 Å². The number of carbonyl (C=O) groups excluding carboxylic acids is 2. The van der Waals surface area contributed by atoms with Crippen molar-refractivity contribution in [3.63, 3.8) is 0 Å². The Balaban J connectivity index is 1.37. The highest BCUT2D eigenvalue weighted by Gasteiger charge is 2.26. The number of halogens is 1. The molecule has 0 radical (unpaired) electrons. The lowest BCUT2D eigenvalue weighted by molar-refractivity contribution is 0.0659. The number of hydrogen-bond acceptors (Lipinski definition) is 4. The zero-order chi connectivity index (χ0) is 19.5. The van der Waals surface area contributed by atoms with Crippen LogP contribution in [0, 0.1) is 5.92 Å². The van der Waals surface area contributed by atoms with E-state index in [-0.39, 0.29) is 11.8 Å². The molecule has 1 aromatic heterocycles. The Kier molecular flexibility index (Phi) is 5.62. The molecule has 0 aliphatic carbocycles. The first-order valence-corrected chi connectivity index (χ1v) is 10.2. The number of amides is 2. The van der Waals surface area contributed by atoms with E-state index in [0.717, 1.165) is 45.3 Å².